The molecular formula is C21H17ClN6O2Sn. The molecule has 8 nitrogen and oxygen atoms in total. The second-order valence-corrected chi connectivity index (χ2v) is 6.39. The van der Waals surface area contributed by atoms with Crippen molar-refractivity contribution in [1.29, 1.82) is 0 Å². The smallest absolute Gasteiger partial charge is 1.00 e. The van der Waals surface area contributed by atoms with Crippen LogP contribution in [0.4, 0.5) is 11.4 Å². The summed E-state index contributed by atoms with van der Waals surface area (Å²) < 4.78 is 0. The average Bonchev–Trinajstić information content (AvgIpc) is 3.28. The topological polar surface area (TPSA) is 133 Å². The predicted octanol–water partition coefficient (Wildman–Crippen LogP) is -1.29. The Morgan fingerprint density at radius 1 is 1.00 bits per heavy atom. The Morgan fingerprint density at radius 3 is 2.35 bits per heavy atom. The number of hydrogen-bond donors (Lipinski definition) is 3. The van der Waals surface area contributed by atoms with Crippen LogP contribution in [0.15, 0.2) is 66.7 Å². The van der Waals surface area contributed by atoms with Crippen LogP contribution < -0.4 is 28.6 Å². The normalized spacial score (nSPS) is 9.94. The third kappa shape index (κ3) is 5.33. The molecule has 0 aliphatic heterocycles. The van der Waals surface area contributed by atoms with Gasteiger partial charge in [-0.25, -0.2) is 0 Å². The maximum Gasteiger partial charge on any atom is 2.00 e. The monoisotopic (exact) mass is 540 g/mol. The van der Waals surface area contributed by atoms with E-state index in [1.165, 1.54) is 6.07 Å². The summed E-state index contributed by atoms with van der Waals surface area (Å²) in [5, 5.41) is 28.6. The van der Waals surface area contributed by atoms with Gasteiger partial charge in [0.05, 0.1) is 17.3 Å². The standard InChI is InChI=1S/C21H18N6O2.ClH.Sn/c22-18-7-3-6-17(21(28)29)19(18)23-12-13-8-10-14(11-9-13)15-4-1-2-5-16(15)20-24-26-27-25-20;;/h1-11,23H,12,22H2,(H,28,29)(H,24,25,26,27);1H;/q;;+2/p-2. The molecule has 0 amide bonds. The van der Waals surface area contributed by atoms with Crippen molar-refractivity contribution >= 4 is 41.3 Å². The van der Waals surface area contributed by atoms with E-state index in [9.17, 15) is 9.90 Å². The quantitative estimate of drug-likeness (QED) is 0.205. The minimum absolute atomic E-state index is 0. The second-order valence-electron chi connectivity index (χ2n) is 6.39. The molecule has 2 radical (unpaired) electrons. The Labute approximate surface area is 201 Å². The fourth-order valence-corrected chi connectivity index (χ4v) is 3.14. The van der Waals surface area contributed by atoms with Crippen molar-refractivity contribution in [2.75, 3.05) is 11.1 Å². The molecule has 0 saturated heterocycles. The molecular weight excluding hydrogens is 522 g/mol. The van der Waals surface area contributed by atoms with Gasteiger partial charge in [-0.05, 0) is 28.0 Å². The molecule has 0 saturated carbocycles. The van der Waals surface area contributed by atoms with E-state index in [1.54, 1.807) is 12.1 Å². The van der Waals surface area contributed by atoms with Gasteiger partial charge in [0, 0.05) is 17.7 Å². The third-order valence-electron chi connectivity index (χ3n) is 4.56. The molecule has 0 fully saturated rings. The SMILES string of the molecule is Nc1cccc(C(=O)[O-])c1NCc1ccc(-c2ccccc2-c2nn[nH]n2)cc1.[Cl-].[Sn+2]. The summed E-state index contributed by atoms with van der Waals surface area (Å²) in [6.07, 6.45) is 0. The number of aromatic nitrogens is 4. The van der Waals surface area contributed by atoms with E-state index < -0.39 is 5.97 Å². The number of carboxylic acid groups (broad SMARTS) is 1. The number of hydrogen-bond acceptors (Lipinski definition) is 7. The molecule has 4 rings (SSSR count). The number of carboxylic acids is 1. The summed E-state index contributed by atoms with van der Waals surface area (Å²) in [5.74, 6) is -0.742. The van der Waals surface area contributed by atoms with E-state index in [4.69, 9.17) is 5.73 Å². The van der Waals surface area contributed by atoms with Crippen LogP contribution in [0, 0.1) is 0 Å². The van der Waals surface area contributed by atoms with Gasteiger partial charge >= 0.3 is 23.9 Å². The van der Waals surface area contributed by atoms with Gasteiger partial charge in [-0.1, -0.05) is 60.7 Å². The maximum atomic E-state index is 11.3. The van der Waals surface area contributed by atoms with Gasteiger partial charge in [-0.2, -0.15) is 5.21 Å². The fraction of sp³-hybridized carbons (Fsp3) is 0.0476. The number of anilines is 2. The molecule has 0 aliphatic rings. The molecule has 154 valence electrons. The zero-order valence-electron chi connectivity index (χ0n) is 16.2. The molecule has 10 heteroatoms. The van der Waals surface area contributed by atoms with Crippen molar-refractivity contribution in [2.24, 2.45) is 0 Å². The van der Waals surface area contributed by atoms with Crippen LogP contribution in [0.25, 0.3) is 22.5 Å². The molecule has 0 unspecified atom stereocenters. The summed E-state index contributed by atoms with van der Waals surface area (Å²) in [6.45, 7) is 0.418. The molecule has 31 heavy (non-hydrogen) atoms. The van der Waals surface area contributed by atoms with E-state index in [2.05, 4.69) is 25.9 Å². The van der Waals surface area contributed by atoms with Crippen LogP contribution in [0.2, 0.25) is 0 Å². The number of nitrogen functional groups attached to an aromatic ring is 1. The number of tetrazole rings is 1. The third-order valence-corrected chi connectivity index (χ3v) is 4.56. The number of nitrogens with one attached hydrogen (secondary N) is 2. The Kier molecular flexibility index (Phi) is 8.40. The minimum atomic E-state index is -1.27. The summed E-state index contributed by atoms with van der Waals surface area (Å²) in [4.78, 5) is 11.3. The number of carbonyl (C=O) groups excluding carboxylic acids is 1. The van der Waals surface area contributed by atoms with Crippen LogP contribution in [0.1, 0.15) is 15.9 Å². The number of carbonyl (C=O) groups is 1. The Bertz CT molecular complexity index is 1150. The van der Waals surface area contributed by atoms with Crippen LogP contribution in [0.5, 0.6) is 0 Å². The summed E-state index contributed by atoms with van der Waals surface area (Å²) in [5.41, 5.74) is 10.5. The Hall–Kier alpha value is -3.11. The predicted molar refractivity (Wildman–Crippen MR) is 113 cm³/mol. The number of rotatable bonds is 6. The first-order chi connectivity index (χ1) is 14.1. The van der Waals surface area contributed by atoms with Crippen molar-refractivity contribution in [2.45, 2.75) is 6.54 Å². The van der Waals surface area contributed by atoms with Gasteiger partial charge in [0.25, 0.3) is 0 Å². The number of aromatic amines is 1. The molecule has 0 bridgehead atoms. The minimum Gasteiger partial charge on any atom is -1.00 e. The van der Waals surface area contributed by atoms with Gasteiger partial charge in [0.15, 0.2) is 0 Å². The number of halogens is 1. The zero-order chi connectivity index (χ0) is 20.2. The first kappa shape index (κ1) is 24.2. The van der Waals surface area contributed by atoms with E-state index in [1.807, 2.05) is 48.5 Å². The molecule has 1 heterocycles. The van der Waals surface area contributed by atoms with Gasteiger partial charge < -0.3 is 33.4 Å². The average molecular weight is 540 g/mol. The zero-order valence-corrected chi connectivity index (χ0v) is 19.8. The molecule has 1 aromatic heterocycles. The van der Waals surface area contributed by atoms with Crippen molar-refractivity contribution < 1.29 is 22.3 Å². The summed E-state index contributed by atoms with van der Waals surface area (Å²) in [6, 6.07) is 20.4. The summed E-state index contributed by atoms with van der Waals surface area (Å²) in [7, 11) is 0. The molecule has 0 atom stereocenters. The number of nitrogens with two attached hydrogens (primary N) is 1. The number of H-pyrrole nitrogens is 1. The second kappa shape index (κ2) is 10.8. The molecule has 0 spiro atoms. The number of aromatic carboxylic acids is 1. The van der Waals surface area contributed by atoms with E-state index in [-0.39, 0.29) is 41.9 Å². The van der Waals surface area contributed by atoms with Crippen molar-refractivity contribution in [3.8, 4) is 22.5 Å². The summed E-state index contributed by atoms with van der Waals surface area (Å²) >= 11 is 0. The van der Waals surface area contributed by atoms with Crippen molar-refractivity contribution in [3.63, 3.8) is 0 Å². The Balaban J connectivity index is 0.00000171. The van der Waals surface area contributed by atoms with E-state index in [0.717, 1.165) is 22.3 Å². The molecule has 4 N–H and O–H groups in total. The number of benzene rings is 3. The molecule has 4 aromatic rings. The van der Waals surface area contributed by atoms with Gasteiger partial charge in [-0.3, -0.25) is 0 Å². The van der Waals surface area contributed by atoms with Gasteiger partial charge in [-0.15, -0.1) is 10.2 Å². The van der Waals surface area contributed by atoms with Crippen LogP contribution in [-0.4, -0.2) is 50.5 Å². The maximum absolute atomic E-state index is 11.3. The largest absolute Gasteiger partial charge is 2.00 e. The van der Waals surface area contributed by atoms with Crippen LogP contribution in [-0.2, 0) is 6.54 Å². The van der Waals surface area contributed by atoms with Crippen LogP contribution >= 0.6 is 0 Å². The first-order valence-corrected chi connectivity index (χ1v) is 8.89. The first-order valence-electron chi connectivity index (χ1n) is 8.89. The van der Waals surface area contributed by atoms with Crippen LogP contribution in [0.3, 0.4) is 0 Å². The van der Waals surface area contributed by atoms with Crippen molar-refractivity contribution in [3.05, 3.63) is 77.9 Å². The number of nitrogens with zero attached hydrogens (tertiary/aromatic N) is 3. The van der Waals surface area contributed by atoms with E-state index in [0.29, 0.717) is 23.7 Å². The van der Waals surface area contributed by atoms with E-state index >= 15 is 0 Å². The molecule has 3 aromatic carbocycles. The Morgan fingerprint density at radius 2 is 1.71 bits per heavy atom. The van der Waals surface area contributed by atoms with Gasteiger partial charge in [0.2, 0.25) is 5.82 Å². The molecule has 0 aliphatic carbocycles. The van der Waals surface area contributed by atoms with Crippen molar-refractivity contribution in [1.82, 2.24) is 20.6 Å². The number of para-hydroxylation sites is 1. The fourth-order valence-electron chi connectivity index (χ4n) is 3.14. The van der Waals surface area contributed by atoms with Gasteiger partial charge in [0.1, 0.15) is 0 Å².